The first-order valence-corrected chi connectivity index (χ1v) is 11.5. The lowest BCUT2D eigenvalue weighted by molar-refractivity contribution is 0.292. The van der Waals surface area contributed by atoms with E-state index in [0.717, 1.165) is 16.9 Å². The summed E-state index contributed by atoms with van der Waals surface area (Å²) in [6, 6.07) is 23.9. The third-order valence-corrected chi connectivity index (χ3v) is 6.19. The number of hydrogen-bond donors (Lipinski definition) is 0. The number of thioether (sulfide) groups is 1. The van der Waals surface area contributed by atoms with Crippen LogP contribution in [0.5, 0.6) is 11.5 Å². The molecule has 1 atom stereocenters. The number of hydrogen-bond acceptors (Lipinski definition) is 6. The summed E-state index contributed by atoms with van der Waals surface area (Å²) in [6.45, 7) is 2.09. The van der Waals surface area contributed by atoms with Gasteiger partial charge < -0.3 is 9.47 Å². The van der Waals surface area contributed by atoms with Crippen molar-refractivity contribution >= 4 is 11.8 Å². The van der Waals surface area contributed by atoms with Crippen LogP contribution in [0, 0.1) is 24.1 Å². The molecule has 172 valence electrons. The Labute approximate surface area is 202 Å². The molecule has 0 aliphatic heterocycles. The normalized spacial score (nSPS) is 11.6. The van der Waals surface area contributed by atoms with Gasteiger partial charge in [-0.1, -0.05) is 53.7 Å². The Bertz CT molecular complexity index is 1280. The second-order valence-corrected chi connectivity index (χ2v) is 8.75. The molecule has 0 saturated heterocycles. The van der Waals surface area contributed by atoms with Gasteiger partial charge in [0.15, 0.2) is 11.0 Å². The highest BCUT2D eigenvalue weighted by atomic mass is 32.2. The number of benzene rings is 3. The molecule has 0 radical (unpaired) electrons. The van der Waals surface area contributed by atoms with Crippen molar-refractivity contribution in [2.75, 3.05) is 7.11 Å². The minimum Gasteiger partial charge on any atom is -0.497 e. The Morgan fingerprint density at radius 3 is 2.38 bits per heavy atom. The first-order chi connectivity index (χ1) is 16.6. The Morgan fingerprint density at radius 1 is 1.00 bits per heavy atom. The van der Waals surface area contributed by atoms with E-state index in [9.17, 15) is 9.65 Å². The fraction of sp³-hybridized carbons (Fsp3) is 0.192. The Hall–Kier alpha value is -3.83. The fourth-order valence-electron chi connectivity index (χ4n) is 3.34. The van der Waals surface area contributed by atoms with Crippen LogP contribution < -0.4 is 9.47 Å². The predicted octanol–water partition coefficient (Wildman–Crippen LogP) is 5.53. The van der Waals surface area contributed by atoms with Gasteiger partial charge in [-0.15, -0.1) is 10.2 Å². The Balaban J connectivity index is 1.60. The molecule has 8 heteroatoms. The van der Waals surface area contributed by atoms with Crippen LogP contribution in [-0.4, -0.2) is 27.1 Å². The van der Waals surface area contributed by atoms with Gasteiger partial charge in [0.1, 0.15) is 29.2 Å². The molecular formula is C26H23FN4O2S. The molecule has 4 rings (SSSR count). The standard InChI is InChI=1S/C26H23FN4O2S/c1-18-7-9-19(10-8-18)15-22(16-28)34-26-30-29-25(31(26)24-6-4-3-5-23(24)27)17-33-21-13-11-20(32-2)12-14-21/h3-14,22H,15,17H2,1-2H3. The lowest BCUT2D eigenvalue weighted by Gasteiger charge is -2.14. The van der Waals surface area contributed by atoms with E-state index >= 15 is 0 Å². The SMILES string of the molecule is COc1ccc(OCc2nnc(SC(C#N)Cc3ccc(C)cc3)n2-c2ccccc2F)cc1. The lowest BCUT2D eigenvalue weighted by Crippen LogP contribution is -2.10. The zero-order chi connectivity index (χ0) is 23.9. The Kier molecular flexibility index (Phi) is 7.45. The van der Waals surface area contributed by atoms with Crippen LogP contribution in [0.2, 0.25) is 0 Å². The third kappa shape index (κ3) is 5.56. The summed E-state index contributed by atoms with van der Waals surface area (Å²) in [4.78, 5) is 0. The van der Waals surface area contributed by atoms with Crippen LogP contribution in [0.1, 0.15) is 17.0 Å². The fourth-order valence-corrected chi connectivity index (χ4v) is 4.32. The molecule has 0 N–H and O–H groups in total. The van der Waals surface area contributed by atoms with E-state index in [1.54, 1.807) is 54.1 Å². The molecule has 0 aliphatic carbocycles. The number of aryl methyl sites for hydroxylation is 1. The molecule has 0 bridgehead atoms. The molecule has 0 spiro atoms. The maximum atomic E-state index is 14.8. The summed E-state index contributed by atoms with van der Waals surface area (Å²) in [5, 5.41) is 18.3. The molecule has 0 aliphatic rings. The van der Waals surface area contributed by atoms with Crippen molar-refractivity contribution in [3.8, 4) is 23.3 Å². The second kappa shape index (κ2) is 10.9. The number of rotatable bonds is 9. The highest BCUT2D eigenvalue weighted by Gasteiger charge is 2.21. The summed E-state index contributed by atoms with van der Waals surface area (Å²) in [5.74, 6) is 1.35. The number of nitriles is 1. The predicted molar refractivity (Wildman–Crippen MR) is 129 cm³/mol. The van der Waals surface area contributed by atoms with Crippen molar-refractivity contribution in [2.45, 2.75) is 30.4 Å². The van der Waals surface area contributed by atoms with Crippen molar-refractivity contribution in [1.82, 2.24) is 14.8 Å². The number of ether oxygens (including phenoxy) is 2. The highest BCUT2D eigenvalue weighted by Crippen LogP contribution is 2.29. The van der Waals surface area contributed by atoms with E-state index in [0.29, 0.717) is 28.8 Å². The molecule has 6 nitrogen and oxygen atoms in total. The number of aromatic nitrogens is 3. The minimum absolute atomic E-state index is 0.0728. The van der Waals surface area contributed by atoms with E-state index in [4.69, 9.17) is 9.47 Å². The average molecular weight is 475 g/mol. The van der Waals surface area contributed by atoms with Crippen molar-refractivity contribution in [3.63, 3.8) is 0 Å². The van der Waals surface area contributed by atoms with Crippen LogP contribution in [0.4, 0.5) is 4.39 Å². The average Bonchev–Trinajstić information content (AvgIpc) is 3.26. The van der Waals surface area contributed by atoms with Gasteiger partial charge in [-0.2, -0.15) is 5.26 Å². The minimum atomic E-state index is -0.423. The van der Waals surface area contributed by atoms with Gasteiger partial charge in [-0.25, -0.2) is 4.39 Å². The number of nitrogens with zero attached hydrogens (tertiary/aromatic N) is 4. The van der Waals surface area contributed by atoms with Crippen molar-refractivity contribution in [3.05, 3.63) is 95.6 Å². The summed E-state index contributed by atoms with van der Waals surface area (Å²) >= 11 is 1.25. The third-order valence-electron chi connectivity index (χ3n) is 5.15. The molecule has 0 amide bonds. The molecular weight excluding hydrogens is 451 g/mol. The van der Waals surface area contributed by atoms with Gasteiger partial charge in [0.2, 0.25) is 0 Å². The Morgan fingerprint density at radius 2 is 1.71 bits per heavy atom. The van der Waals surface area contributed by atoms with Gasteiger partial charge in [0.05, 0.1) is 18.9 Å². The van der Waals surface area contributed by atoms with Crippen molar-refractivity contribution < 1.29 is 13.9 Å². The number of methoxy groups -OCH3 is 1. The molecule has 3 aromatic carbocycles. The summed E-state index contributed by atoms with van der Waals surface area (Å²) in [7, 11) is 1.60. The monoisotopic (exact) mass is 474 g/mol. The van der Waals surface area contributed by atoms with Crippen LogP contribution >= 0.6 is 11.8 Å². The lowest BCUT2D eigenvalue weighted by atomic mass is 10.1. The highest BCUT2D eigenvalue weighted by molar-refractivity contribution is 8.00. The largest absolute Gasteiger partial charge is 0.497 e. The quantitative estimate of drug-likeness (QED) is 0.297. The van der Waals surface area contributed by atoms with E-state index in [2.05, 4.69) is 16.3 Å². The van der Waals surface area contributed by atoms with Crippen molar-refractivity contribution in [1.29, 1.82) is 5.26 Å². The molecule has 1 heterocycles. The van der Waals surface area contributed by atoms with Crippen molar-refractivity contribution in [2.24, 2.45) is 0 Å². The van der Waals surface area contributed by atoms with E-state index in [-0.39, 0.29) is 6.61 Å². The molecule has 0 saturated carbocycles. The second-order valence-electron chi connectivity index (χ2n) is 7.58. The zero-order valence-corrected chi connectivity index (χ0v) is 19.6. The van der Waals surface area contributed by atoms with E-state index in [1.165, 1.54) is 17.8 Å². The summed E-state index contributed by atoms with van der Waals surface area (Å²) < 4.78 is 27.4. The van der Waals surface area contributed by atoms with Crippen LogP contribution in [0.25, 0.3) is 5.69 Å². The van der Waals surface area contributed by atoms with E-state index in [1.807, 2.05) is 31.2 Å². The van der Waals surface area contributed by atoms with Crippen LogP contribution in [0.15, 0.2) is 78.0 Å². The number of para-hydroxylation sites is 1. The number of halogens is 1. The molecule has 0 fully saturated rings. The molecule has 4 aromatic rings. The zero-order valence-electron chi connectivity index (χ0n) is 18.8. The summed E-state index contributed by atoms with van der Waals surface area (Å²) in [5.41, 5.74) is 2.51. The molecule has 1 aromatic heterocycles. The van der Waals surface area contributed by atoms with Crippen LogP contribution in [-0.2, 0) is 13.0 Å². The topological polar surface area (TPSA) is 73.0 Å². The van der Waals surface area contributed by atoms with E-state index < -0.39 is 11.1 Å². The van der Waals surface area contributed by atoms with Gasteiger partial charge in [-0.3, -0.25) is 4.57 Å². The van der Waals surface area contributed by atoms with Crippen LogP contribution in [0.3, 0.4) is 0 Å². The maximum Gasteiger partial charge on any atom is 0.197 e. The van der Waals surface area contributed by atoms with Gasteiger partial charge >= 0.3 is 0 Å². The van der Waals surface area contributed by atoms with Gasteiger partial charge in [0.25, 0.3) is 0 Å². The smallest absolute Gasteiger partial charge is 0.197 e. The van der Waals surface area contributed by atoms with Gasteiger partial charge in [-0.05, 0) is 55.3 Å². The maximum absolute atomic E-state index is 14.8. The first-order valence-electron chi connectivity index (χ1n) is 10.6. The molecule has 1 unspecified atom stereocenters. The van der Waals surface area contributed by atoms with Gasteiger partial charge in [0, 0.05) is 0 Å². The first kappa shape index (κ1) is 23.3. The summed E-state index contributed by atoms with van der Waals surface area (Å²) in [6.07, 6.45) is 0.531. The molecule has 34 heavy (non-hydrogen) atoms.